The number of hydrogen-bond acceptors (Lipinski definition) is 2. The summed E-state index contributed by atoms with van der Waals surface area (Å²) in [4.78, 5) is 28.9. The predicted octanol–water partition coefficient (Wildman–Crippen LogP) is 2.75. The van der Waals surface area contributed by atoms with Crippen molar-refractivity contribution >= 4 is 17.5 Å². The van der Waals surface area contributed by atoms with Gasteiger partial charge in [-0.2, -0.15) is 0 Å². The second kappa shape index (κ2) is 5.36. The maximum Gasteiger partial charge on any atom is 0.227 e. The van der Waals surface area contributed by atoms with Crippen LogP contribution in [0.4, 0.5) is 5.69 Å². The molecule has 4 rings (SSSR count). The van der Waals surface area contributed by atoms with E-state index in [1.165, 1.54) is 12.8 Å². The molecular weight excluding hydrogens is 288 g/mol. The molecule has 0 unspecified atom stereocenters. The standard InChI is InChI=1S/C19H24N2O2/c1-14-4-2-3-5-16(14)21-13-19(11-18(21)23)8-9-20(12-19)17(22)10-15-6-7-15/h2-5,15H,6-13H2,1H3/t19-/m1/s1. The van der Waals surface area contributed by atoms with Gasteiger partial charge in [0.2, 0.25) is 11.8 Å². The van der Waals surface area contributed by atoms with Crippen molar-refractivity contribution in [3.63, 3.8) is 0 Å². The zero-order chi connectivity index (χ0) is 16.0. The van der Waals surface area contributed by atoms with Crippen molar-refractivity contribution < 1.29 is 9.59 Å². The maximum atomic E-state index is 12.6. The molecule has 3 fully saturated rings. The van der Waals surface area contributed by atoms with E-state index in [2.05, 4.69) is 0 Å². The monoisotopic (exact) mass is 312 g/mol. The summed E-state index contributed by atoms with van der Waals surface area (Å²) in [5.41, 5.74) is 2.13. The van der Waals surface area contributed by atoms with Crippen molar-refractivity contribution in [3.05, 3.63) is 29.8 Å². The van der Waals surface area contributed by atoms with Crippen LogP contribution < -0.4 is 4.90 Å². The highest BCUT2D eigenvalue weighted by Crippen LogP contribution is 2.43. The summed E-state index contributed by atoms with van der Waals surface area (Å²) < 4.78 is 0. The molecule has 2 saturated heterocycles. The Morgan fingerprint density at radius 3 is 2.78 bits per heavy atom. The molecule has 4 heteroatoms. The molecule has 2 aliphatic heterocycles. The molecular formula is C19H24N2O2. The van der Waals surface area contributed by atoms with E-state index in [1.807, 2.05) is 41.0 Å². The lowest BCUT2D eigenvalue weighted by Gasteiger charge is -2.25. The van der Waals surface area contributed by atoms with Gasteiger partial charge in [-0.25, -0.2) is 0 Å². The topological polar surface area (TPSA) is 40.6 Å². The zero-order valence-corrected chi connectivity index (χ0v) is 13.8. The van der Waals surface area contributed by atoms with Crippen LogP contribution >= 0.6 is 0 Å². The average molecular weight is 312 g/mol. The van der Waals surface area contributed by atoms with Crippen LogP contribution in [0.15, 0.2) is 24.3 Å². The van der Waals surface area contributed by atoms with Crippen LogP contribution in [0.2, 0.25) is 0 Å². The fraction of sp³-hybridized carbons (Fsp3) is 0.579. The zero-order valence-electron chi connectivity index (χ0n) is 13.8. The number of carbonyl (C=O) groups excluding carboxylic acids is 2. The van der Waals surface area contributed by atoms with Gasteiger partial charge in [0.05, 0.1) is 0 Å². The minimum atomic E-state index is -0.0292. The first-order valence-corrected chi connectivity index (χ1v) is 8.70. The van der Waals surface area contributed by atoms with Gasteiger partial charge in [0.1, 0.15) is 0 Å². The molecule has 4 nitrogen and oxygen atoms in total. The number of hydrogen-bond donors (Lipinski definition) is 0. The van der Waals surface area contributed by atoms with Gasteiger partial charge in [-0.15, -0.1) is 0 Å². The van der Waals surface area contributed by atoms with Gasteiger partial charge in [0, 0.05) is 43.6 Å². The third kappa shape index (κ3) is 2.75. The summed E-state index contributed by atoms with van der Waals surface area (Å²) in [6, 6.07) is 8.06. The van der Waals surface area contributed by atoms with Crippen molar-refractivity contribution in [1.82, 2.24) is 4.90 Å². The Morgan fingerprint density at radius 1 is 1.26 bits per heavy atom. The smallest absolute Gasteiger partial charge is 0.227 e. The molecule has 1 atom stereocenters. The lowest BCUT2D eigenvalue weighted by atomic mass is 9.86. The van der Waals surface area contributed by atoms with Gasteiger partial charge in [0.15, 0.2) is 0 Å². The van der Waals surface area contributed by atoms with E-state index in [4.69, 9.17) is 0 Å². The number of para-hydroxylation sites is 1. The van der Waals surface area contributed by atoms with E-state index in [0.717, 1.165) is 37.3 Å². The van der Waals surface area contributed by atoms with Crippen molar-refractivity contribution in [2.24, 2.45) is 11.3 Å². The van der Waals surface area contributed by atoms with Crippen molar-refractivity contribution in [2.75, 3.05) is 24.5 Å². The second-order valence-electron chi connectivity index (χ2n) is 7.66. The Balaban J connectivity index is 1.47. The van der Waals surface area contributed by atoms with Gasteiger partial charge in [-0.1, -0.05) is 18.2 Å². The lowest BCUT2D eigenvalue weighted by molar-refractivity contribution is -0.131. The van der Waals surface area contributed by atoms with E-state index >= 15 is 0 Å². The molecule has 1 aromatic carbocycles. The molecule has 0 radical (unpaired) electrons. The molecule has 0 aromatic heterocycles. The summed E-state index contributed by atoms with van der Waals surface area (Å²) in [6.45, 7) is 4.38. The van der Waals surface area contributed by atoms with E-state index in [-0.39, 0.29) is 11.3 Å². The van der Waals surface area contributed by atoms with Gasteiger partial charge in [-0.05, 0) is 43.7 Å². The number of benzene rings is 1. The highest BCUT2D eigenvalue weighted by atomic mass is 16.2. The second-order valence-corrected chi connectivity index (χ2v) is 7.66. The molecule has 2 amide bonds. The molecule has 1 saturated carbocycles. The van der Waals surface area contributed by atoms with Gasteiger partial charge < -0.3 is 9.80 Å². The molecule has 0 N–H and O–H groups in total. The first-order chi connectivity index (χ1) is 11.1. The van der Waals surface area contributed by atoms with Crippen LogP contribution in [0.5, 0.6) is 0 Å². The van der Waals surface area contributed by atoms with Crippen LogP contribution in [0, 0.1) is 18.3 Å². The fourth-order valence-corrected chi connectivity index (χ4v) is 4.10. The molecule has 2 heterocycles. The molecule has 3 aliphatic rings. The Labute approximate surface area is 137 Å². The first-order valence-electron chi connectivity index (χ1n) is 8.70. The summed E-state index contributed by atoms with van der Waals surface area (Å²) in [5, 5.41) is 0. The number of carbonyl (C=O) groups is 2. The Morgan fingerprint density at radius 2 is 2.04 bits per heavy atom. The molecule has 1 aliphatic carbocycles. The Hall–Kier alpha value is -1.84. The number of likely N-dealkylation sites (tertiary alicyclic amines) is 1. The Bertz CT molecular complexity index is 653. The van der Waals surface area contributed by atoms with E-state index in [0.29, 0.717) is 24.7 Å². The minimum absolute atomic E-state index is 0.0292. The van der Waals surface area contributed by atoms with Crippen molar-refractivity contribution in [1.29, 1.82) is 0 Å². The number of rotatable bonds is 3. The van der Waals surface area contributed by atoms with Crippen molar-refractivity contribution in [3.8, 4) is 0 Å². The average Bonchev–Trinajstić information content (AvgIpc) is 3.15. The highest BCUT2D eigenvalue weighted by Gasteiger charge is 2.49. The van der Waals surface area contributed by atoms with Crippen LogP contribution in [0.25, 0.3) is 0 Å². The normalized spacial score (nSPS) is 27.3. The van der Waals surface area contributed by atoms with Gasteiger partial charge in [0.25, 0.3) is 0 Å². The maximum absolute atomic E-state index is 12.6. The quantitative estimate of drug-likeness (QED) is 0.861. The van der Waals surface area contributed by atoms with Gasteiger partial charge >= 0.3 is 0 Å². The van der Waals surface area contributed by atoms with E-state index in [1.54, 1.807) is 0 Å². The summed E-state index contributed by atoms with van der Waals surface area (Å²) in [6.07, 6.45) is 4.67. The molecule has 122 valence electrons. The number of amides is 2. The largest absolute Gasteiger partial charge is 0.342 e. The summed E-state index contributed by atoms with van der Waals surface area (Å²) in [5.74, 6) is 1.13. The summed E-state index contributed by atoms with van der Waals surface area (Å²) in [7, 11) is 0. The van der Waals surface area contributed by atoms with Crippen LogP contribution in [-0.2, 0) is 9.59 Å². The third-order valence-corrected chi connectivity index (χ3v) is 5.68. The summed E-state index contributed by atoms with van der Waals surface area (Å²) >= 11 is 0. The van der Waals surface area contributed by atoms with Gasteiger partial charge in [-0.3, -0.25) is 9.59 Å². The molecule has 0 bridgehead atoms. The van der Waals surface area contributed by atoms with E-state index in [9.17, 15) is 9.59 Å². The van der Waals surface area contributed by atoms with E-state index < -0.39 is 0 Å². The first kappa shape index (κ1) is 14.7. The Kier molecular flexibility index (Phi) is 3.43. The van der Waals surface area contributed by atoms with Crippen LogP contribution in [-0.4, -0.2) is 36.3 Å². The van der Waals surface area contributed by atoms with Crippen LogP contribution in [0.1, 0.15) is 37.7 Å². The fourth-order valence-electron chi connectivity index (χ4n) is 4.10. The molecule has 1 aromatic rings. The number of anilines is 1. The predicted molar refractivity (Wildman–Crippen MR) is 89.1 cm³/mol. The minimum Gasteiger partial charge on any atom is -0.342 e. The lowest BCUT2D eigenvalue weighted by Crippen LogP contribution is -2.34. The highest BCUT2D eigenvalue weighted by molar-refractivity contribution is 5.97. The van der Waals surface area contributed by atoms with Crippen molar-refractivity contribution in [2.45, 2.75) is 39.0 Å². The number of aryl methyl sites for hydroxylation is 1. The molecule has 23 heavy (non-hydrogen) atoms. The third-order valence-electron chi connectivity index (χ3n) is 5.68. The number of nitrogens with zero attached hydrogens (tertiary/aromatic N) is 2. The SMILES string of the molecule is Cc1ccccc1N1C[C@]2(CCN(C(=O)CC3CC3)C2)CC1=O. The molecule has 1 spiro atoms. The van der Waals surface area contributed by atoms with Crippen LogP contribution in [0.3, 0.4) is 0 Å².